The van der Waals surface area contributed by atoms with Crippen LogP contribution >= 0.6 is 0 Å². The van der Waals surface area contributed by atoms with Crippen molar-refractivity contribution in [1.29, 1.82) is 0 Å². The minimum Gasteiger partial charge on any atom is -0.487 e. The first-order chi connectivity index (χ1) is 10.2. The highest BCUT2D eigenvalue weighted by atomic mass is 19.1. The van der Waals surface area contributed by atoms with Crippen LogP contribution in [0.2, 0.25) is 0 Å². The number of hydrogen-bond donors (Lipinski definition) is 1. The highest BCUT2D eigenvalue weighted by molar-refractivity contribution is 5.34. The molecule has 1 saturated carbocycles. The van der Waals surface area contributed by atoms with Crippen molar-refractivity contribution in [2.24, 2.45) is 0 Å². The van der Waals surface area contributed by atoms with Crippen LogP contribution in [-0.4, -0.2) is 11.0 Å². The second-order valence-corrected chi connectivity index (χ2v) is 5.46. The van der Waals surface area contributed by atoms with Gasteiger partial charge in [-0.25, -0.2) is 4.39 Å². The van der Waals surface area contributed by atoms with Gasteiger partial charge in [0.15, 0.2) is 0 Å². The summed E-state index contributed by atoms with van der Waals surface area (Å²) >= 11 is 0. The number of benzene rings is 1. The molecule has 1 aliphatic rings. The first-order valence-corrected chi connectivity index (χ1v) is 7.27. The molecule has 0 spiro atoms. The number of nitrogens with zero attached hydrogens (tertiary/aromatic N) is 1. The summed E-state index contributed by atoms with van der Waals surface area (Å²) in [4.78, 5) is 4.31. The molecule has 1 aromatic heterocycles. The lowest BCUT2D eigenvalue weighted by Gasteiger charge is -2.13. The maximum absolute atomic E-state index is 13.4. The maximum atomic E-state index is 13.4. The summed E-state index contributed by atoms with van der Waals surface area (Å²) in [6, 6.07) is 9.15. The third-order valence-corrected chi connectivity index (χ3v) is 3.66. The van der Waals surface area contributed by atoms with E-state index >= 15 is 0 Å². The van der Waals surface area contributed by atoms with Crippen LogP contribution in [0.25, 0.3) is 0 Å². The van der Waals surface area contributed by atoms with Gasteiger partial charge < -0.3 is 10.1 Å². The SMILES string of the molecule is Cc1cccnc1COc1ccc(F)cc1CNC1CC1. The molecule has 1 aliphatic carbocycles. The van der Waals surface area contributed by atoms with Gasteiger partial charge in [0.05, 0.1) is 5.69 Å². The lowest BCUT2D eigenvalue weighted by atomic mass is 10.2. The molecule has 110 valence electrons. The minimum atomic E-state index is -0.232. The van der Waals surface area contributed by atoms with Gasteiger partial charge in [-0.2, -0.15) is 0 Å². The molecular weight excluding hydrogens is 267 g/mol. The van der Waals surface area contributed by atoms with Crippen LogP contribution in [0.1, 0.15) is 29.7 Å². The summed E-state index contributed by atoms with van der Waals surface area (Å²) in [5, 5.41) is 3.39. The largest absolute Gasteiger partial charge is 0.487 e. The molecule has 0 unspecified atom stereocenters. The van der Waals surface area contributed by atoms with E-state index in [1.165, 1.54) is 25.0 Å². The van der Waals surface area contributed by atoms with Crippen molar-refractivity contribution in [3.05, 3.63) is 59.2 Å². The Morgan fingerprint density at radius 3 is 2.95 bits per heavy atom. The molecule has 1 N–H and O–H groups in total. The van der Waals surface area contributed by atoms with Crippen LogP contribution in [0.4, 0.5) is 4.39 Å². The highest BCUT2D eigenvalue weighted by Gasteiger charge is 2.20. The standard InChI is InChI=1S/C17H19FN2O/c1-12-3-2-8-19-16(12)11-21-17-7-4-14(18)9-13(17)10-20-15-5-6-15/h2-4,7-9,15,20H,5-6,10-11H2,1H3. The zero-order chi connectivity index (χ0) is 14.7. The Morgan fingerprint density at radius 1 is 1.33 bits per heavy atom. The van der Waals surface area contributed by atoms with E-state index in [4.69, 9.17) is 4.74 Å². The van der Waals surface area contributed by atoms with E-state index < -0.39 is 0 Å². The third-order valence-electron chi connectivity index (χ3n) is 3.66. The van der Waals surface area contributed by atoms with E-state index in [0.29, 0.717) is 19.2 Å². The van der Waals surface area contributed by atoms with Crippen LogP contribution in [0.5, 0.6) is 5.75 Å². The topological polar surface area (TPSA) is 34.1 Å². The molecule has 0 aliphatic heterocycles. The Bertz CT molecular complexity index is 626. The van der Waals surface area contributed by atoms with Gasteiger partial charge in [0.1, 0.15) is 18.2 Å². The highest BCUT2D eigenvalue weighted by Crippen LogP contribution is 2.24. The van der Waals surface area contributed by atoms with Crippen LogP contribution < -0.4 is 10.1 Å². The smallest absolute Gasteiger partial charge is 0.130 e. The molecule has 4 heteroatoms. The summed E-state index contributed by atoms with van der Waals surface area (Å²) in [5.74, 6) is 0.485. The van der Waals surface area contributed by atoms with Crippen molar-refractivity contribution in [1.82, 2.24) is 10.3 Å². The van der Waals surface area contributed by atoms with Gasteiger partial charge in [0, 0.05) is 24.3 Å². The molecular formula is C17H19FN2O. The quantitative estimate of drug-likeness (QED) is 0.884. The summed E-state index contributed by atoms with van der Waals surface area (Å²) in [6.07, 6.45) is 4.17. The molecule has 1 fully saturated rings. The van der Waals surface area contributed by atoms with Crippen molar-refractivity contribution >= 4 is 0 Å². The molecule has 3 nitrogen and oxygen atoms in total. The Hall–Kier alpha value is -1.94. The zero-order valence-corrected chi connectivity index (χ0v) is 12.1. The van der Waals surface area contributed by atoms with Gasteiger partial charge >= 0.3 is 0 Å². The number of pyridine rings is 1. The van der Waals surface area contributed by atoms with Gasteiger partial charge in [-0.05, 0) is 49.6 Å². The number of rotatable bonds is 6. The van der Waals surface area contributed by atoms with Crippen LogP contribution in [0.3, 0.4) is 0 Å². The molecule has 0 amide bonds. The predicted octanol–water partition coefficient (Wildman–Crippen LogP) is 3.36. The van der Waals surface area contributed by atoms with E-state index in [2.05, 4.69) is 10.3 Å². The number of halogens is 1. The summed E-state index contributed by atoms with van der Waals surface area (Å²) in [7, 11) is 0. The Balaban J connectivity index is 1.70. The molecule has 0 atom stereocenters. The van der Waals surface area contributed by atoms with E-state index in [0.717, 1.165) is 22.6 Å². The first-order valence-electron chi connectivity index (χ1n) is 7.27. The van der Waals surface area contributed by atoms with Crippen molar-refractivity contribution < 1.29 is 9.13 Å². The van der Waals surface area contributed by atoms with Gasteiger partial charge in [0.25, 0.3) is 0 Å². The molecule has 2 aromatic rings. The molecule has 0 bridgehead atoms. The zero-order valence-electron chi connectivity index (χ0n) is 12.1. The molecule has 1 aromatic carbocycles. The second kappa shape index (κ2) is 6.22. The average Bonchev–Trinajstić information content (AvgIpc) is 3.30. The van der Waals surface area contributed by atoms with Gasteiger partial charge in [-0.15, -0.1) is 0 Å². The number of nitrogens with one attached hydrogen (secondary N) is 1. The molecule has 3 rings (SSSR count). The van der Waals surface area contributed by atoms with Gasteiger partial charge in [-0.1, -0.05) is 6.07 Å². The first kappa shape index (κ1) is 14.0. The van der Waals surface area contributed by atoms with Crippen molar-refractivity contribution in [2.45, 2.75) is 39.0 Å². The number of aromatic nitrogens is 1. The van der Waals surface area contributed by atoms with Crippen molar-refractivity contribution in [3.63, 3.8) is 0 Å². The lowest BCUT2D eigenvalue weighted by Crippen LogP contribution is -2.16. The molecule has 1 heterocycles. The summed E-state index contributed by atoms with van der Waals surface area (Å²) < 4.78 is 19.3. The van der Waals surface area contributed by atoms with E-state index in [1.807, 2.05) is 19.1 Å². The van der Waals surface area contributed by atoms with Crippen LogP contribution in [-0.2, 0) is 13.2 Å². The van der Waals surface area contributed by atoms with E-state index in [1.54, 1.807) is 12.3 Å². The van der Waals surface area contributed by atoms with E-state index in [-0.39, 0.29) is 5.82 Å². The number of aryl methyl sites for hydroxylation is 1. The fourth-order valence-electron chi connectivity index (χ4n) is 2.18. The number of ether oxygens (including phenoxy) is 1. The fourth-order valence-corrected chi connectivity index (χ4v) is 2.18. The van der Waals surface area contributed by atoms with Crippen molar-refractivity contribution in [3.8, 4) is 5.75 Å². The molecule has 0 saturated heterocycles. The number of hydrogen-bond acceptors (Lipinski definition) is 3. The summed E-state index contributed by atoms with van der Waals surface area (Å²) in [5.41, 5.74) is 2.86. The third kappa shape index (κ3) is 3.79. The van der Waals surface area contributed by atoms with Crippen LogP contribution in [0.15, 0.2) is 36.5 Å². The Labute approximate surface area is 124 Å². The summed E-state index contributed by atoms with van der Waals surface area (Å²) in [6.45, 7) is 3.04. The molecule has 21 heavy (non-hydrogen) atoms. The van der Waals surface area contributed by atoms with E-state index in [9.17, 15) is 4.39 Å². The maximum Gasteiger partial charge on any atom is 0.130 e. The lowest BCUT2D eigenvalue weighted by molar-refractivity contribution is 0.296. The Morgan fingerprint density at radius 2 is 2.19 bits per heavy atom. The monoisotopic (exact) mass is 286 g/mol. The average molecular weight is 286 g/mol. The minimum absolute atomic E-state index is 0.232. The molecule has 0 radical (unpaired) electrons. The van der Waals surface area contributed by atoms with Crippen molar-refractivity contribution in [2.75, 3.05) is 0 Å². The Kier molecular flexibility index (Phi) is 4.15. The second-order valence-electron chi connectivity index (χ2n) is 5.46. The van der Waals surface area contributed by atoms with Gasteiger partial charge in [0.2, 0.25) is 0 Å². The normalized spacial score (nSPS) is 14.2. The predicted molar refractivity (Wildman–Crippen MR) is 79.6 cm³/mol. The van der Waals surface area contributed by atoms with Gasteiger partial charge in [-0.3, -0.25) is 4.98 Å². The van der Waals surface area contributed by atoms with Crippen LogP contribution in [0, 0.1) is 12.7 Å². The fraction of sp³-hybridized carbons (Fsp3) is 0.353.